The minimum absolute atomic E-state index is 0.318. The minimum Gasteiger partial charge on any atom is -0.449 e. The van der Waals surface area contributed by atoms with Gasteiger partial charge in [0.15, 0.2) is 6.10 Å². The Morgan fingerprint density at radius 3 is 2.73 bits per heavy atom. The summed E-state index contributed by atoms with van der Waals surface area (Å²) in [7, 11) is 1.57. The molecule has 0 unspecified atom stereocenters. The normalized spacial score (nSPS) is 14.5. The molecule has 0 saturated carbocycles. The van der Waals surface area contributed by atoms with Crippen molar-refractivity contribution in [2.45, 2.75) is 38.7 Å². The second-order valence-electron chi connectivity index (χ2n) is 6.31. The molecule has 0 aromatic carbocycles. The molecule has 1 amide bonds. The number of carbonyl (C=O) groups is 2. The van der Waals surface area contributed by atoms with E-state index in [1.807, 2.05) is 29.1 Å². The molecule has 2 aromatic rings. The van der Waals surface area contributed by atoms with Gasteiger partial charge in [-0.25, -0.2) is 4.79 Å². The molecule has 2 heterocycles. The summed E-state index contributed by atoms with van der Waals surface area (Å²) in [5, 5.41) is 3.57. The molecule has 0 aliphatic heterocycles. The van der Waals surface area contributed by atoms with Crippen LogP contribution in [0.3, 0.4) is 0 Å². The maximum Gasteiger partial charge on any atom is 0.342 e. The predicted octanol–water partition coefficient (Wildman–Crippen LogP) is 2.73. The van der Waals surface area contributed by atoms with Crippen LogP contribution in [-0.4, -0.2) is 42.8 Å². The number of fused-ring (bicyclic) bond motifs is 1. The monoisotopic (exact) mass is 376 g/mol. The number of hydrogen-bond donors (Lipinski definition) is 1. The first kappa shape index (κ1) is 18.7. The minimum atomic E-state index is -0.851. The zero-order valence-electron chi connectivity index (χ0n) is 15.1. The molecular formula is C19H24N2O4S. The Bertz CT molecular complexity index is 767. The molecular weight excluding hydrogens is 352 g/mol. The molecule has 0 radical (unpaired) electrons. The van der Waals surface area contributed by atoms with Crippen LogP contribution >= 0.6 is 11.3 Å². The Balaban J connectivity index is 1.80. The lowest BCUT2D eigenvalue weighted by Gasteiger charge is -2.16. The van der Waals surface area contributed by atoms with Crippen LogP contribution in [0.5, 0.6) is 0 Å². The van der Waals surface area contributed by atoms with Crippen LogP contribution < -0.4 is 5.32 Å². The van der Waals surface area contributed by atoms with Crippen LogP contribution in [-0.2, 0) is 27.1 Å². The van der Waals surface area contributed by atoms with Gasteiger partial charge in [-0.05, 0) is 50.3 Å². The molecule has 6 nitrogen and oxygen atoms in total. The van der Waals surface area contributed by atoms with E-state index in [2.05, 4.69) is 5.32 Å². The third-order valence-corrected chi connectivity index (χ3v) is 5.76. The van der Waals surface area contributed by atoms with Gasteiger partial charge in [0.2, 0.25) is 0 Å². The van der Waals surface area contributed by atoms with E-state index in [0.29, 0.717) is 18.7 Å². The Kier molecular flexibility index (Phi) is 6.11. The Hall–Kier alpha value is -2.12. The van der Waals surface area contributed by atoms with Gasteiger partial charge in [0.05, 0.1) is 12.2 Å². The highest BCUT2D eigenvalue weighted by Crippen LogP contribution is 2.37. The number of aromatic nitrogens is 1. The highest BCUT2D eigenvalue weighted by atomic mass is 32.1. The van der Waals surface area contributed by atoms with Crippen molar-refractivity contribution in [3.8, 4) is 5.00 Å². The molecule has 1 aliphatic rings. The van der Waals surface area contributed by atoms with Gasteiger partial charge >= 0.3 is 5.97 Å². The van der Waals surface area contributed by atoms with Gasteiger partial charge in [-0.2, -0.15) is 0 Å². The summed E-state index contributed by atoms with van der Waals surface area (Å²) in [6, 6.07) is 3.86. The van der Waals surface area contributed by atoms with E-state index >= 15 is 0 Å². The van der Waals surface area contributed by atoms with Crippen molar-refractivity contribution >= 4 is 23.2 Å². The number of thiophene rings is 1. The van der Waals surface area contributed by atoms with Crippen molar-refractivity contribution < 1.29 is 19.1 Å². The number of aryl methyl sites for hydroxylation is 1. The largest absolute Gasteiger partial charge is 0.449 e. The summed E-state index contributed by atoms with van der Waals surface area (Å²) in [6.07, 6.45) is 7.09. The summed E-state index contributed by atoms with van der Waals surface area (Å²) < 4.78 is 12.3. The number of nitrogens with one attached hydrogen (secondary N) is 1. The number of ether oxygens (including phenoxy) is 2. The number of methoxy groups -OCH3 is 1. The van der Waals surface area contributed by atoms with E-state index < -0.39 is 12.1 Å². The lowest BCUT2D eigenvalue weighted by Crippen LogP contribution is -2.37. The maximum absolute atomic E-state index is 12.9. The van der Waals surface area contributed by atoms with Crippen LogP contribution in [0.4, 0.5) is 0 Å². The van der Waals surface area contributed by atoms with Gasteiger partial charge < -0.3 is 19.4 Å². The summed E-state index contributed by atoms with van der Waals surface area (Å²) in [5.74, 6) is -0.746. The fourth-order valence-electron chi connectivity index (χ4n) is 3.11. The molecule has 7 heteroatoms. The average Bonchev–Trinajstić information content (AvgIpc) is 3.28. The van der Waals surface area contributed by atoms with Gasteiger partial charge in [-0.3, -0.25) is 4.79 Å². The highest BCUT2D eigenvalue weighted by molar-refractivity contribution is 7.15. The van der Waals surface area contributed by atoms with Crippen molar-refractivity contribution in [2.24, 2.45) is 0 Å². The molecule has 0 saturated heterocycles. The molecule has 0 fully saturated rings. The standard InChI is InChI=1S/C19H24N2O4S/c1-13(17(22)20-9-12-24-2)25-19(23)16-14-7-3-4-8-15(14)26-18(16)21-10-5-6-11-21/h5-6,10-11,13H,3-4,7-9,12H2,1-2H3,(H,20,22)/t13-/m0/s1. The maximum atomic E-state index is 12.9. The SMILES string of the molecule is COCCNC(=O)[C@H](C)OC(=O)c1c(-n2cccc2)sc2c1CCCC2. The van der Waals surface area contributed by atoms with E-state index in [1.54, 1.807) is 25.4 Å². The first-order valence-corrected chi connectivity index (χ1v) is 9.69. The summed E-state index contributed by atoms with van der Waals surface area (Å²) in [5.41, 5.74) is 1.69. The van der Waals surface area contributed by atoms with Crippen LogP contribution in [0.2, 0.25) is 0 Å². The number of rotatable bonds is 7. The molecule has 1 aliphatic carbocycles. The zero-order chi connectivity index (χ0) is 18.5. The van der Waals surface area contributed by atoms with Gasteiger partial charge in [-0.15, -0.1) is 11.3 Å². The van der Waals surface area contributed by atoms with Crippen molar-refractivity contribution in [3.63, 3.8) is 0 Å². The molecule has 140 valence electrons. The molecule has 2 aromatic heterocycles. The average molecular weight is 376 g/mol. The molecule has 0 bridgehead atoms. The Morgan fingerprint density at radius 2 is 2.00 bits per heavy atom. The van der Waals surface area contributed by atoms with Gasteiger partial charge in [0.1, 0.15) is 5.00 Å². The fraction of sp³-hybridized carbons (Fsp3) is 0.474. The number of carbonyl (C=O) groups excluding carboxylic acids is 2. The van der Waals surface area contributed by atoms with Gasteiger partial charge in [0, 0.05) is 30.9 Å². The van der Waals surface area contributed by atoms with Crippen LogP contribution in [0.1, 0.15) is 40.6 Å². The molecule has 1 atom stereocenters. The van der Waals surface area contributed by atoms with Gasteiger partial charge in [0.25, 0.3) is 5.91 Å². The van der Waals surface area contributed by atoms with E-state index in [0.717, 1.165) is 36.2 Å². The Morgan fingerprint density at radius 1 is 1.27 bits per heavy atom. The van der Waals surface area contributed by atoms with Crippen molar-refractivity contribution in [1.82, 2.24) is 9.88 Å². The van der Waals surface area contributed by atoms with Crippen LogP contribution in [0.25, 0.3) is 5.00 Å². The lowest BCUT2D eigenvalue weighted by molar-refractivity contribution is -0.129. The predicted molar refractivity (Wildman–Crippen MR) is 100 cm³/mol. The van der Waals surface area contributed by atoms with Crippen molar-refractivity contribution in [1.29, 1.82) is 0 Å². The number of nitrogens with zero attached hydrogens (tertiary/aromatic N) is 1. The van der Waals surface area contributed by atoms with Gasteiger partial charge in [-0.1, -0.05) is 0 Å². The van der Waals surface area contributed by atoms with E-state index in [4.69, 9.17) is 9.47 Å². The molecule has 3 rings (SSSR count). The zero-order valence-corrected chi connectivity index (χ0v) is 15.9. The summed E-state index contributed by atoms with van der Waals surface area (Å²) in [6.45, 7) is 2.40. The van der Waals surface area contributed by atoms with Crippen LogP contribution in [0.15, 0.2) is 24.5 Å². The third kappa shape index (κ3) is 3.99. The van der Waals surface area contributed by atoms with Crippen molar-refractivity contribution in [3.05, 3.63) is 40.5 Å². The topological polar surface area (TPSA) is 69.6 Å². The third-order valence-electron chi connectivity index (χ3n) is 4.45. The van der Waals surface area contributed by atoms with E-state index in [1.165, 1.54) is 4.88 Å². The second kappa shape index (κ2) is 8.51. The molecule has 26 heavy (non-hydrogen) atoms. The van der Waals surface area contributed by atoms with Crippen molar-refractivity contribution in [2.75, 3.05) is 20.3 Å². The van der Waals surface area contributed by atoms with E-state index in [-0.39, 0.29) is 5.91 Å². The quantitative estimate of drug-likeness (QED) is 0.596. The van der Waals surface area contributed by atoms with Crippen LogP contribution in [0, 0.1) is 0 Å². The second-order valence-corrected chi connectivity index (χ2v) is 7.40. The summed E-state index contributed by atoms with van der Waals surface area (Å²) >= 11 is 1.65. The highest BCUT2D eigenvalue weighted by Gasteiger charge is 2.29. The summed E-state index contributed by atoms with van der Waals surface area (Å²) in [4.78, 5) is 26.2. The first-order valence-electron chi connectivity index (χ1n) is 8.87. The number of esters is 1. The smallest absolute Gasteiger partial charge is 0.342 e. The molecule has 1 N–H and O–H groups in total. The lowest BCUT2D eigenvalue weighted by atomic mass is 9.95. The Labute approximate surface area is 157 Å². The molecule has 0 spiro atoms. The fourth-order valence-corrected chi connectivity index (χ4v) is 4.45. The van der Waals surface area contributed by atoms with E-state index in [9.17, 15) is 9.59 Å². The number of hydrogen-bond acceptors (Lipinski definition) is 5. The number of amides is 1. The first-order chi connectivity index (χ1) is 12.6.